The number of ether oxygens (including phenoxy) is 1. The van der Waals surface area contributed by atoms with E-state index in [0.29, 0.717) is 11.3 Å². The van der Waals surface area contributed by atoms with Gasteiger partial charge in [0.15, 0.2) is 17.9 Å². The van der Waals surface area contributed by atoms with Gasteiger partial charge in [0.05, 0.1) is 4.90 Å². The van der Waals surface area contributed by atoms with Crippen molar-refractivity contribution >= 4 is 33.9 Å². The molecule has 0 aliphatic carbocycles. The van der Waals surface area contributed by atoms with Crippen LogP contribution in [0, 0.1) is 11.7 Å². The van der Waals surface area contributed by atoms with Crippen LogP contribution in [0.25, 0.3) is 0 Å². The van der Waals surface area contributed by atoms with Crippen LogP contribution in [0.4, 0.5) is 4.39 Å². The van der Waals surface area contributed by atoms with Gasteiger partial charge in [-0.1, -0.05) is 31.5 Å². The molecule has 0 fully saturated rings. The summed E-state index contributed by atoms with van der Waals surface area (Å²) in [6, 6.07) is 7.73. The summed E-state index contributed by atoms with van der Waals surface area (Å²) < 4.78 is 46.8. The fraction of sp³-hybridized carbons (Fsp3) is 0.333. The number of carbonyl (C=O) groups excluding carboxylic acids is 1. The second-order valence-electron chi connectivity index (χ2n) is 7.23. The summed E-state index contributed by atoms with van der Waals surface area (Å²) in [6.07, 6.45) is 0.530. The Morgan fingerprint density at radius 3 is 2.39 bits per heavy atom. The molecule has 1 atom stereocenters. The second-order valence-corrected chi connectivity index (χ2v) is 9.56. The van der Waals surface area contributed by atoms with Crippen LogP contribution in [0.15, 0.2) is 47.4 Å². The maximum Gasteiger partial charge on any atom is 0.322 e. The lowest BCUT2D eigenvalue weighted by Crippen LogP contribution is -2.45. The SMILES string of the molecule is CC(C)C[C@H](C(=O)O)N(Cc1ccc(OCC=O)c(F)c1)S(=O)(=O)c1ccc(Cl)cc1. The van der Waals surface area contributed by atoms with Gasteiger partial charge in [0, 0.05) is 11.6 Å². The van der Waals surface area contributed by atoms with E-state index in [1.807, 2.05) is 0 Å². The minimum atomic E-state index is -4.25. The van der Waals surface area contributed by atoms with Crippen LogP contribution in [-0.4, -0.2) is 42.7 Å². The van der Waals surface area contributed by atoms with E-state index in [9.17, 15) is 27.5 Å². The molecule has 0 bridgehead atoms. The van der Waals surface area contributed by atoms with Crippen LogP contribution in [0.3, 0.4) is 0 Å². The van der Waals surface area contributed by atoms with Gasteiger partial charge in [-0.2, -0.15) is 4.31 Å². The van der Waals surface area contributed by atoms with Crippen LogP contribution in [0.1, 0.15) is 25.8 Å². The van der Waals surface area contributed by atoms with Gasteiger partial charge in [-0.25, -0.2) is 12.8 Å². The first kappa shape index (κ1) is 24.8. The van der Waals surface area contributed by atoms with Crippen molar-refractivity contribution in [2.45, 2.75) is 37.8 Å². The monoisotopic (exact) mass is 471 g/mol. The largest absolute Gasteiger partial charge is 0.483 e. The van der Waals surface area contributed by atoms with Crippen LogP contribution in [0.2, 0.25) is 5.02 Å². The molecular weight excluding hydrogens is 449 g/mol. The van der Waals surface area contributed by atoms with Crippen molar-refractivity contribution in [3.63, 3.8) is 0 Å². The number of aliphatic carboxylic acids is 1. The van der Waals surface area contributed by atoms with Gasteiger partial charge in [0.1, 0.15) is 12.6 Å². The third kappa shape index (κ3) is 6.49. The predicted molar refractivity (Wildman–Crippen MR) is 113 cm³/mol. The number of hydrogen-bond donors (Lipinski definition) is 1. The van der Waals surface area contributed by atoms with E-state index in [2.05, 4.69) is 0 Å². The van der Waals surface area contributed by atoms with E-state index in [4.69, 9.17) is 16.3 Å². The summed E-state index contributed by atoms with van der Waals surface area (Å²) in [5.41, 5.74) is 0.225. The molecule has 168 valence electrons. The fourth-order valence-corrected chi connectivity index (χ4v) is 4.66. The number of rotatable bonds is 11. The maximum atomic E-state index is 14.3. The minimum absolute atomic E-state index is 0.0607. The number of carboxylic acid groups (broad SMARTS) is 1. The smallest absolute Gasteiger partial charge is 0.322 e. The average molecular weight is 472 g/mol. The number of benzene rings is 2. The van der Waals surface area contributed by atoms with Gasteiger partial charge in [-0.05, 0) is 54.3 Å². The van der Waals surface area contributed by atoms with Crippen molar-refractivity contribution < 1.29 is 32.2 Å². The highest BCUT2D eigenvalue weighted by Crippen LogP contribution is 2.27. The predicted octanol–water partition coefficient (Wildman–Crippen LogP) is 3.75. The topological polar surface area (TPSA) is 101 Å². The highest BCUT2D eigenvalue weighted by atomic mass is 35.5. The van der Waals surface area contributed by atoms with Gasteiger partial charge >= 0.3 is 5.97 Å². The number of halogens is 2. The van der Waals surface area contributed by atoms with Crippen molar-refractivity contribution in [2.75, 3.05) is 6.61 Å². The first-order valence-electron chi connectivity index (χ1n) is 9.41. The van der Waals surface area contributed by atoms with E-state index in [1.165, 1.54) is 36.4 Å². The molecule has 0 saturated carbocycles. The van der Waals surface area contributed by atoms with Gasteiger partial charge in [-0.15, -0.1) is 0 Å². The fourth-order valence-electron chi connectivity index (χ4n) is 2.96. The molecule has 31 heavy (non-hydrogen) atoms. The molecule has 0 aliphatic heterocycles. The van der Waals surface area contributed by atoms with Crippen LogP contribution in [-0.2, 0) is 26.2 Å². The molecular formula is C21H23ClFNO6S. The standard InChI is InChI=1S/C21H23ClFNO6S/c1-14(2)11-19(21(26)27)24(31(28,29)17-6-4-16(22)5-7-17)13-15-3-8-20(18(23)12-15)30-10-9-25/h3-9,12,14,19H,10-11,13H2,1-2H3,(H,26,27)/t19-/m1/s1. The van der Waals surface area contributed by atoms with Crippen LogP contribution >= 0.6 is 11.6 Å². The third-order valence-corrected chi connectivity index (χ3v) is 6.51. The van der Waals surface area contributed by atoms with Gasteiger partial charge in [0.25, 0.3) is 0 Å². The Kier molecular flexibility index (Phi) is 8.55. The average Bonchev–Trinajstić information content (AvgIpc) is 2.69. The lowest BCUT2D eigenvalue weighted by molar-refractivity contribution is -0.142. The molecule has 10 heteroatoms. The molecule has 0 unspecified atom stereocenters. The zero-order valence-corrected chi connectivity index (χ0v) is 18.6. The lowest BCUT2D eigenvalue weighted by atomic mass is 10.0. The third-order valence-electron chi connectivity index (χ3n) is 4.39. The Bertz CT molecular complexity index is 1030. The summed E-state index contributed by atoms with van der Waals surface area (Å²) in [7, 11) is -4.25. The molecule has 2 aromatic carbocycles. The minimum Gasteiger partial charge on any atom is -0.483 e. The van der Waals surface area contributed by atoms with Crippen molar-refractivity contribution in [1.29, 1.82) is 0 Å². The molecule has 0 heterocycles. The molecule has 2 rings (SSSR count). The number of nitrogens with zero attached hydrogens (tertiary/aromatic N) is 1. The molecule has 2 aromatic rings. The molecule has 0 amide bonds. The number of carboxylic acids is 1. The molecule has 0 aromatic heterocycles. The van der Waals surface area contributed by atoms with E-state index in [-0.39, 0.29) is 41.7 Å². The summed E-state index contributed by atoms with van der Waals surface area (Å²) in [5.74, 6) is -2.38. The van der Waals surface area contributed by atoms with E-state index in [0.717, 1.165) is 10.4 Å². The summed E-state index contributed by atoms with van der Waals surface area (Å²) in [6.45, 7) is 2.85. The number of carbonyl (C=O) groups is 2. The van der Waals surface area contributed by atoms with Gasteiger partial charge < -0.3 is 9.84 Å². The Hall–Kier alpha value is -2.49. The zero-order chi connectivity index (χ0) is 23.2. The second kappa shape index (κ2) is 10.7. The normalized spacial score (nSPS) is 12.7. The maximum absolute atomic E-state index is 14.3. The quantitative estimate of drug-likeness (QED) is 0.501. The Morgan fingerprint density at radius 1 is 1.23 bits per heavy atom. The van der Waals surface area contributed by atoms with Crippen molar-refractivity contribution in [3.8, 4) is 5.75 Å². The van der Waals surface area contributed by atoms with Crippen molar-refractivity contribution in [2.24, 2.45) is 5.92 Å². The summed E-state index contributed by atoms with van der Waals surface area (Å²) in [4.78, 5) is 22.3. The van der Waals surface area contributed by atoms with Crippen molar-refractivity contribution in [3.05, 3.63) is 58.9 Å². The first-order valence-corrected chi connectivity index (χ1v) is 11.2. The van der Waals surface area contributed by atoms with Crippen LogP contribution < -0.4 is 4.74 Å². The number of sulfonamides is 1. The molecule has 0 aliphatic rings. The highest BCUT2D eigenvalue weighted by molar-refractivity contribution is 7.89. The molecule has 0 saturated heterocycles. The lowest BCUT2D eigenvalue weighted by Gasteiger charge is -2.29. The molecule has 7 nitrogen and oxygen atoms in total. The molecule has 1 N–H and O–H groups in total. The Balaban J connectivity index is 2.49. The van der Waals surface area contributed by atoms with Crippen LogP contribution in [0.5, 0.6) is 5.75 Å². The van der Waals surface area contributed by atoms with Gasteiger partial charge in [-0.3, -0.25) is 9.59 Å². The highest BCUT2D eigenvalue weighted by Gasteiger charge is 2.36. The molecule has 0 radical (unpaired) electrons. The Labute approximate surface area is 185 Å². The van der Waals surface area contributed by atoms with E-state index >= 15 is 0 Å². The zero-order valence-electron chi connectivity index (χ0n) is 17.0. The number of aldehydes is 1. The summed E-state index contributed by atoms with van der Waals surface area (Å²) in [5, 5.41) is 10.1. The van der Waals surface area contributed by atoms with E-state index < -0.39 is 27.9 Å². The van der Waals surface area contributed by atoms with Gasteiger partial charge in [0.2, 0.25) is 10.0 Å². The number of hydrogen-bond acceptors (Lipinski definition) is 5. The first-order chi connectivity index (χ1) is 14.6. The van der Waals surface area contributed by atoms with E-state index in [1.54, 1.807) is 13.8 Å². The van der Waals surface area contributed by atoms with Crippen molar-refractivity contribution in [1.82, 2.24) is 4.31 Å². The summed E-state index contributed by atoms with van der Waals surface area (Å²) >= 11 is 5.84. The Morgan fingerprint density at radius 2 is 1.87 bits per heavy atom. The molecule has 0 spiro atoms.